The minimum atomic E-state index is -0.942. The predicted octanol–water partition coefficient (Wildman–Crippen LogP) is 1.47. The number of terminal acetylenes is 1. The Morgan fingerprint density at radius 3 is 2.86 bits per heavy atom. The highest BCUT2D eigenvalue weighted by molar-refractivity contribution is 5.87. The van der Waals surface area contributed by atoms with E-state index in [4.69, 9.17) is 6.42 Å². The molecule has 0 unspecified atom stereocenters. The second kappa shape index (κ2) is 6.01. The summed E-state index contributed by atoms with van der Waals surface area (Å²) in [7, 11) is 0. The first-order valence-corrected chi connectivity index (χ1v) is 6.01. The van der Waals surface area contributed by atoms with E-state index in [1.165, 1.54) is 28.9 Å². The Bertz CT molecular complexity index is 790. The zero-order chi connectivity index (χ0) is 15.4. The highest BCUT2D eigenvalue weighted by Crippen LogP contribution is 2.13. The number of para-hydroxylation sites is 1. The Kier molecular flexibility index (Phi) is 4.14. The second-order valence-electron chi connectivity index (χ2n) is 4.14. The Balaban J connectivity index is 2.55. The largest absolute Gasteiger partial charge is 0.448 e. The van der Waals surface area contributed by atoms with E-state index in [-0.39, 0.29) is 12.3 Å². The fraction of sp³-hybridized carbons (Fsp3) is 0.133. The van der Waals surface area contributed by atoms with Gasteiger partial charge < -0.3 is 4.74 Å². The molecule has 0 spiro atoms. The SMILES string of the molecule is C#CCOC(=O)c1nn(-c2ccccc2F)c(C)cc1=O. The summed E-state index contributed by atoms with van der Waals surface area (Å²) in [6, 6.07) is 7.07. The van der Waals surface area contributed by atoms with Crippen LogP contribution >= 0.6 is 0 Å². The zero-order valence-corrected chi connectivity index (χ0v) is 11.2. The molecule has 0 aliphatic heterocycles. The summed E-state index contributed by atoms with van der Waals surface area (Å²) in [6.07, 6.45) is 4.98. The molecule has 1 heterocycles. The molecule has 0 bridgehead atoms. The number of benzene rings is 1. The average molecular weight is 286 g/mol. The summed E-state index contributed by atoms with van der Waals surface area (Å²) in [6.45, 7) is 1.31. The number of esters is 1. The van der Waals surface area contributed by atoms with Crippen molar-refractivity contribution >= 4 is 5.97 Å². The van der Waals surface area contributed by atoms with Crippen LogP contribution in [0.4, 0.5) is 4.39 Å². The van der Waals surface area contributed by atoms with Crippen molar-refractivity contribution in [3.8, 4) is 18.0 Å². The molecule has 21 heavy (non-hydrogen) atoms. The van der Waals surface area contributed by atoms with Gasteiger partial charge in [-0.15, -0.1) is 6.42 Å². The summed E-state index contributed by atoms with van der Waals surface area (Å²) < 4.78 is 19.7. The van der Waals surface area contributed by atoms with Crippen molar-refractivity contribution < 1.29 is 13.9 Å². The molecule has 6 heteroatoms. The van der Waals surface area contributed by atoms with Crippen LogP contribution in [0.25, 0.3) is 5.69 Å². The summed E-state index contributed by atoms with van der Waals surface area (Å²) in [5, 5.41) is 3.88. The highest BCUT2D eigenvalue weighted by Gasteiger charge is 2.17. The molecule has 2 aromatic rings. The van der Waals surface area contributed by atoms with E-state index in [9.17, 15) is 14.0 Å². The lowest BCUT2D eigenvalue weighted by Crippen LogP contribution is -2.24. The highest BCUT2D eigenvalue weighted by atomic mass is 19.1. The monoisotopic (exact) mass is 286 g/mol. The Labute approximate surface area is 120 Å². The summed E-state index contributed by atoms with van der Waals surface area (Å²) in [4.78, 5) is 23.5. The number of hydrogen-bond acceptors (Lipinski definition) is 4. The summed E-state index contributed by atoms with van der Waals surface area (Å²) in [5.41, 5.74) is -0.541. The van der Waals surface area contributed by atoms with Crippen LogP contribution in [-0.4, -0.2) is 22.4 Å². The third-order valence-electron chi connectivity index (χ3n) is 2.67. The van der Waals surface area contributed by atoms with E-state index < -0.39 is 22.9 Å². The smallest absolute Gasteiger partial charge is 0.363 e. The first-order chi connectivity index (χ1) is 10.0. The first kappa shape index (κ1) is 14.5. The maximum atomic E-state index is 13.8. The Hall–Kier alpha value is -2.94. The van der Waals surface area contributed by atoms with Crippen LogP contribution < -0.4 is 5.43 Å². The molecular formula is C15H11FN2O3. The van der Waals surface area contributed by atoms with E-state index in [0.717, 1.165) is 0 Å². The molecule has 0 aliphatic rings. The summed E-state index contributed by atoms with van der Waals surface area (Å²) >= 11 is 0. The van der Waals surface area contributed by atoms with Crippen LogP contribution in [0, 0.1) is 25.1 Å². The second-order valence-corrected chi connectivity index (χ2v) is 4.14. The van der Waals surface area contributed by atoms with Crippen molar-refractivity contribution in [2.24, 2.45) is 0 Å². The maximum absolute atomic E-state index is 13.8. The third kappa shape index (κ3) is 2.98. The standard InChI is InChI=1S/C15H11FN2O3/c1-3-8-21-15(20)14-13(19)9-10(2)18(17-14)12-7-5-4-6-11(12)16/h1,4-7,9H,8H2,2H3. The number of hydrogen-bond donors (Lipinski definition) is 0. The first-order valence-electron chi connectivity index (χ1n) is 6.01. The molecule has 0 fully saturated rings. The van der Waals surface area contributed by atoms with Crippen molar-refractivity contribution in [3.05, 3.63) is 57.8 Å². The van der Waals surface area contributed by atoms with Gasteiger partial charge in [0.25, 0.3) is 0 Å². The molecule has 0 radical (unpaired) electrons. The lowest BCUT2D eigenvalue weighted by atomic mass is 10.2. The van der Waals surface area contributed by atoms with E-state index in [2.05, 4.69) is 15.8 Å². The minimum Gasteiger partial charge on any atom is -0.448 e. The minimum absolute atomic E-state index is 0.126. The number of carbonyl (C=O) groups is 1. The fourth-order valence-corrected chi connectivity index (χ4v) is 1.73. The third-order valence-corrected chi connectivity index (χ3v) is 2.67. The molecule has 0 saturated carbocycles. The van der Waals surface area contributed by atoms with Gasteiger partial charge in [0.05, 0.1) is 0 Å². The van der Waals surface area contributed by atoms with Gasteiger partial charge in [-0.05, 0) is 19.1 Å². The topological polar surface area (TPSA) is 61.2 Å². The van der Waals surface area contributed by atoms with Gasteiger partial charge in [-0.25, -0.2) is 13.9 Å². The molecule has 0 atom stereocenters. The Morgan fingerprint density at radius 1 is 1.48 bits per heavy atom. The molecule has 0 saturated heterocycles. The van der Waals surface area contributed by atoms with Crippen LogP contribution in [0.15, 0.2) is 35.1 Å². The van der Waals surface area contributed by atoms with Crippen molar-refractivity contribution in [3.63, 3.8) is 0 Å². The van der Waals surface area contributed by atoms with Crippen LogP contribution in [0.1, 0.15) is 16.2 Å². The molecule has 106 valence electrons. The molecule has 1 aromatic heterocycles. The number of rotatable bonds is 3. The number of aryl methyl sites for hydroxylation is 1. The van der Waals surface area contributed by atoms with Gasteiger partial charge in [0.2, 0.25) is 11.1 Å². The average Bonchev–Trinajstić information content (AvgIpc) is 2.46. The van der Waals surface area contributed by atoms with Gasteiger partial charge in [-0.2, -0.15) is 5.10 Å². The molecule has 0 amide bonds. The van der Waals surface area contributed by atoms with Crippen molar-refractivity contribution in [2.75, 3.05) is 6.61 Å². The molecule has 1 aromatic carbocycles. The van der Waals surface area contributed by atoms with Crippen LogP contribution in [0.5, 0.6) is 0 Å². The molecule has 0 N–H and O–H groups in total. The number of aromatic nitrogens is 2. The van der Waals surface area contributed by atoms with Gasteiger partial charge in [-0.3, -0.25) is 4.79 Å². The molecular weight excluding hydrogens is 275 g/mol. The van der Waals surface area contributed by atoms with Gasteiger partial charge in [-0.1, -0.05) is 18.1 Å². The van der Waals surface area contributed by atoms with E-state index in [1.54, 1.807) is 13.0 Å². The molecule has 0 aliphatic carbocycles. The Morgan fingerprint density at radius 2 is 2.19 bits per heavy atom. The van der Waals surface area contributed by atoms with Crippen LogP contribution in [0.3, 0.4) is 0 Å². The van der Waals surface area contributed by atoms with E-state index in [0.29, 0.717) is 5.69 Å². The number of nitrogens with zero attached hydrogens (tertiary/aromatic N) is 2. The predicted molar refractivity (Wildman–Crippen MR) is 73.6 cm³/mol. The van der Waals surface area contributed by atoms with E-state index in [1.807, 2.05) is 0 Å². The normalized spacial score (nSPS) is 9.95. The van der Waals surface area contributed by atoms with Gasteiger partial charge in [0.1, 0.15) is 11.5 Å². The van der Waals surface area contributed by atoms with Crippen LogP contribution in [0.2, 0.25) is 0 Å². The number of ether oxygens (including phenoxy) is 1. The van der Waals surface area contributed by atoms with Crippen molar-refractivity contribution in [2.45, 2.75) is 6.92 Å². The quantitative estimate of drug-likeness (QED) is 0.633. The number of halogens is 1. The molecule has 2 rings (SSSR count). The van der Waals surface area contributed by atoms with Gasteiger partial charge in [0.15, 0.2) is 6.61 Å². The zero-order valence-electron chi connectivity index (χ0n) is 11.2. The molecule has 5 nitrogen and oxygen atoms in total. The van der Waals surface area contributed by atoms with Crippen molar-refractivity contribution in [1.29, 1.82) is 0 Å². The van der Waals surface area contributed by atoms with Crippen molar-refractivity contribution in [1.82, 2.24) is 9.78 Å². The lowest BCUT2D eigenvalue weighted by Gasteiger charge is -2.11. The van der Waals surface area contributed by atoms with Gasteiger partial charge >= 0.3 is 5.97 Å². The van der Waals surface area contributed by atoms with Gasteiger partial charge in [0, 0.05) is 11.8 Å². The fourth-order valence-electron chi connectivity index (χ4n) is 1.73. The summed E-state index contributed by atoms with van der Waals surface area (Å²) in [5.74, 6) is 0.645. The van der Waals surface area contributed by atoms with E-state index >= 15 is 0 Å². The maximum Gasteiger partial charge on any atom is 0.363 e. The van der Waals surface area contributed by atoms with Crippen LogP contribution in [-0.2, 0) is 4.74 Å². The number of carbonyl (C=O) groups excluding carboxylic acids is 1. The lowest BCUT2D eigenvalue weighted by molar-refractivity contribution is 0.0546.